The summed E-state index contributed by atoms with van der Waals surface area (Å²) in [5, 5.41) is 13.4. The van der Waals surface area contributed by atoms with Crippen molar-refractivity contribution in [1.29, 1.82) is 0 Å². The van der Waals surface area contributed by atoms with Crippen LogP contribution in [0.5, 0.6) is 0 Å². The van der Waals surface area contributed by atoms with E-state index in [1.165, 1.54) is 142 Å². The molecule has 45 heavy (non-hydrogen) atoms. The lowest BCUT2D eigenvalue weighted by molar-refractivity contribution is -0.210. The van der Waals surface area contributed by atoms with E-state index in [1.54, 1.807) is 12.8 Å². The zero-order valence-corrected chi connectivity index (χ0v) is 28.3. The van der Waals surface area contributed by atoms with Crippen LogP contribution in [0.3, 0.4) is 0 Å². The Labute approximate surface area is 273 Å². The minimum atomic E-state index is 0.463. The molecule has 11 fully saturated rings. The van der Waals surface area contributed by atoms with Gasteiger partial charge in [-0.15, -0.1) is 0 Å². The fraction of sp³-hybridized carbons (Fsp3) is 1.00. The zero-order chi connectivity index (χ0) is 29.3. The molecule has 11 aliphatic rings. The van der Waals surface area contributed by atoms with Crippen LogP contribution in [-0.2, 0) is 0 Å². The molecule has 6 nitrogen and oxygen atoms in total. The molecule has 0 radical (unpaired) electrons. The van der Waals surface area contributed by atoms with Gasteiger partial charge in [0, 0.05) is 72.1 Å². The summed E-state index contributed by atoms with van der Waals surface area (Å²) in [5.74, 6) is 4.65. The van der Waals surface area contributed by atoms with E-state index in [2.05, 4.69) is 30.7 Å². The monoisotopic (exact) mass is 617 g/mol. The molecule has 6 bridgehead atoms. The van der Waals surface area contributed by atoms with Gasteiger partial charge in [-0.1, -0.05) is 19.3 Å². The van der Waals surface area contributed by atoms with Crippen LogP contribution in [0.1, 0.15) is 116 Å². The van der Waals surface area contributed by atoms with Gasteiger partial charge < -0.3 is 10.6 Å². The highest BCUT2D eigenvalue weighted by Crippen LogP contribution is 2.61. The second kappa shape index (κ2) is 10.6. The molecule has 2 aliphatic carbocycles. The molecular formula is C39H64N6. The number of piperidine rings is 8. The van der Waals surface area contributed by atoms with E-state index >= 15 is 0 Å². The summed E-state index contributed by atoms with van der Waals surface area (Å²) in [6.07, 6.45) is 27.2. The summed E-state index contributed by atoms with van der Waals surface area (Å²) in [6, 6.07) is 5.64. The highest BCUT2D eigenvalue weighted by atomic mass is 15.4. The second-order valence-corrected chi connectivity index (χ2v) is 19.1. The van der Waals surface area contributed by atoms with Crippen molar-refractivity contribution in [1.82, 2.24) is 30.7 Å². The Balaban J connectivity index is 0.880. The average molecular weight is 617 g/mol. The maximum Gasteiger partial charge on any atom is 0.0646 e. The fourth-order valence-corrected chi connectivity index (χ4v) is 16.3. The van der Waals surface area contributed by atoms with Crippen LogP contribution in [0.25, 0.3) is 0 Å². The van der Waals surface area contributed by atoms with E-state index in [9.17, 15) is 0 Å². The molecule has 250 valence electrons. The van der Waals surface area contributed by atoms with Gasteiger partial charge in [-0.25, -0.2) is 0 Å². The molecule has 9 heterocycles. The average Bonchev–Trinajstić information content (AvgIpc) is 3.37. The van der Waals surface area contributed by atoms with Crippen molar-refractivity contribution >= 4 is 0 Å². The summed E-state index contributed by atoms with van der Waals surface area (Å²) >= 11 is 0. The first-order chi connectivity index (χ1) is 22.2. The number of hydrogen-bond acceptors (Lipinski definition) is 6. The van der Waals surface area contributed by atoms with Gasteiger partial charge >= 0.3 is 0 Å². The van der Waals surface area contributed by atoms with E-state index in [1.807, 2.05) is 0 Å². The summed E-state index contributed by atoms with van der Waals surface area (Å²) in [7, 11) is 0. The number of hydrogen-bond donors (Lipinski definition) is 3. The van der Waals surface area contributed by atoms with Gasteiger partial charge in [0.15, 0.2) is 0 Å². The van der Waals surface area contributed by atoms with Crippen LogP contribution in [0, 0.1) is 40.4 Å². The van der Waals surface area contributed by atoms with Crippen molar-refractivity contribution in [3.8, 4) is 0 Å². The fourth-order valence-electron chi connectivity index (χ4n) is 16.3. The third-order valence-corrected chi connectivity index (χ3v) is 17.5. The number of fused-ring (bicyclic) bond motifs is 13. The van der Waals surface area contributed by atoms with Crippen LogP contribution in [-0.4, -0.2) is 102 Å². The summed E-state index contributed by atoms with van der Waals surface area (Å²) in [5.41, 5.74) is 0.990. The van der Waals surface area contributed by atoms with Gasteiger partial charge in [0.1, 0.15) is 0 Å². The lowest BCUT2D eigenvalue weighted by Gasteiger charge is -2.72. The first-order valence-corrected chi connectivity index (χ1v) is 20.7. The molecule has 15 unspecified atom stereocenters. The van der Waals surface area contributed by atoms with Gasteiger partial charge in [-0.3, -0.25) is 20.0 Å². The van der Waals surface area contributed by atoms with Crippen LogP contribution in [0.15, 0.2) is 0 Å². The third-order valence-electron chi connectivity index (χ3n) is 17.5. The first kappa shape index (κ1) is 28.6. The third kappa shape index (κ3) is 4.02. The molecule has 0 aromatic rings. The van der Waals surface area contributed by atoms with Crippen molar-refractivity contribution in [3.05, 3.63) is 0 Å². The summed E-state index contributed by atoms with van der Waals surface area (Å²) < 4.78 is 0. The molecule has 9 aliphatic heterocycles. The van der Waals surface area contributed by atoms with Crippen molar-refractivity contribution in [3.63, 3.8) is 0 Å². The van der Waals surface area contributed by atoms with Crippen molar-refractivity contribution in [2.24, 2.45) is 40.4 Å². The molecule has 0 aromatic carbocycles. The van der Waals surface area contributed by atoms with Crippen LogP contribution in [0.2, 0.25) is 0 Å². The minimum absolute atomic E-state index is 0.463. The topological polar surface area (TPSA) is 45.8 Å². The maximum absolute atomic E-state index is 4.63. The zero-order valence-electron chi connectivity index (χ0n) is 28.3. The van der Waals surface area contributed by atoms with E-state index < -0.39 is 0 Å². The Kier molecular flexibility index (Phi) is 6.75. The van der Waals surface area contributed by atoms with Crippen LogP contribution in [0.4, 0.5) is 0 Å². The molecule has 0 amide bonds. The minimum Gasteiger partial charge on any atom is -0.313 e. The van der Waals surface area contributed by atoms with E-state index in [0.29, 0.717) is 29.1 Å². The van der Waals surface area contributed by atoms with Gasteiger partial charge in [0.05, 0.1) is 6.17 Å². The SMILES string of the molecule is C1CNC2C(C1)C1CC2(C2CCCC(C3CCC4NC3N3CCCC5CC6CC4(CN4CCCCC64)C53)N2)CN2CCCCC12. The van der Waals surface area contributed by atoms with Crippen LogP contribution >= 0.6 is 0 Å². The second-order valence-electron chi connectivity index (χ2n) is 19.1. The van der Waals surface area contributed by atoms with Crippen molar-refractivity contribution in [2.45, 2.75) is 164 Å². The Morgan fingerprint density at radius 3 is 2.33 bits per heavy atom. The van der Waals surface area contributed by atoms with Gasteiger partial charge in [0.2, 0.25) is 0 Å². The molecule has 9 saturated heterocycles. The molecule has 2 saturated carbocycles. The molecule has 1 spiro atoms. The maximum atomic E-state index is 4.63. The lowest BCUT2D eigenvalue weighted by atomic mass is 9.50. The standard InChI is InChI=1S/C39H64N6/c1-3-17-43-24-39-21-26(31(43)11-1)20-25-8-7-19-45(36(25)39)37-28(14-15-34(39)42-37)30-10-5-13-33(41-30)38-22-29(27-9-6-16-40-35(27)38)32-12-2-4-18-44(32)23-38/h25-37,40-42H,1-24H2. The van der Waals surface area contributed by atoms with E-state index in [0.717, 1.165) is 59.8 Å². The number of nitrogens with zero attached hydrogens (tertiary/aromatic N) is 3. The predicted molar refractivity (Wildman–Crippen MR) is 180 cm³/mol. The van der Waals surface area contributed by atoms with Crippen LogP contribution < -0.4 is 16.0 Å². The quantitative estimate of drug-likeness (QED) is 0.415. The molecule has 11 rings (SSSR count). The van der Waals surface area contributed by atoms with E-state index in [4.69, 9.17) is 0 Å². The highest BCUT2D eigenvalue weighted by molar-refractivity contribution is 5.21. The van der Waals surface area contributed by atoms with Crippen molar-refractivity contribution in [2.75, 3.05) is 39.3 Å². The lowest BCUT2D eigenvalue weighted by Crippen LogP contribution is -2.82. The summed E-state index contributed by atoms with van der Waals surface area (Å²) in [6.45, 7) is 8.21. The number of nitrogens with one attached hydrogen (secondary N) is 3. The van der Waals surface area contributed by atoms with Gasteiger partial charge in [-0.2, -0.15) is 0 Å². The highest BCUT2D eigenvalue weighted by Gasteiger charge is 2.67. The molecular weight excluding hydrogens is 552 g/mol. The Bertz CT molecular complexity index is 1150. The first-order valence-electron chi connectivity index (χ1n) is 20.7. The van der Waals surface area contributed by atoms with Gasteiger partial charge in [-0.05, 0) is 146 Å². The normalized spacial score (nSPS) is 57.7. The molecule has 3 N–H and O–H groups in total. The summed E-state index contributed by atoms with van der Waals surface area (Å²) in [4.78, 5) is 9.25. The van der Waals surface area contributed by atoms with E-state index in [-0.39, 0.29) is 0 Å². The number of rotatable bonds is 2. The van der Waals surface area contributed by atoms with Gasteiger partial charge in [0.25, 0.3) is 0 Å². The molecule has 0 aromatic heterocycles. The predicted octanol–water partition coefficient (Wildman–Crippen LogP) is 4.79. The van der Waals surface area contributed by atoms with Crippen molar-refractivity contribution < 1.29 is 0 Å². The Morgan fingerprint density at radius 1 is 0.556 bits per heavy atom. The Morgan fingerprint density at radius 2 is 1.40 bits per heavy atom. The largest absolute Gasteiger partial charge is 0.313 e. The molecule has 6 heteroatoms. The smallest absolute Gasteiger partial charge is 0.0646 e. The Hall–Kier alpha value is -0.240. The molecule has 15 atom stereocenters.